The van der Waals surface area contributed by atoms with Crippen LogP contribution < -0.4 is 10.1 Å². The number of aryl methyl sites for hydroxylation is 1. The summed E-state index contributed by atoms with van der Waals surface area (Å²) >= 11 is 5.88. The fourth-order valence-electron chi connectivity index (χ4n) is 3.05. The normalized spacial score (nSPS) is 11.8. The minimum atomic E-state index is -0.559. The number of benzene rings is 2. The SMILES string of the molecule is Cc1ccccc1CN(C(=O)CCCOc1ccc(Cl)cc1)C(C)C(=O)NC(C)C. The van der Waals surface area contributed by atoms with Crippen molar-refractivity contribution in [3.63, 3.8) is 0 Å². The zero-order chi connectivity index (χ0) is 22.1. The van der Waals surface area contributed by atoms with E-state index in [1.807, 2.05) is 45.0 Å². The lowest BCUT2D eigenvalue weighted by Gasteiger charge is -2.30. The summed E-state index contributed by atoms with van der Waals surface area (Å²) in [5.74, 6) is 0.502. The molecular weight excluding hydrogens is 400 g/mol. The highest BCUT2D eigenvalue weighted by molar-refractivity contribution is 6.30. The van der Waals surface area contributed by atoms with Gasteiger partial charge in [0.15, 0.2) is 0 Å². The number of carbonyl (C=O) groups is 2. The van der Waals surface area contributed by atoms with Crippen LogP contribution in [0.4, 0.5) is 0 Å². The van der Waals surface area contributed by atoms with Crippen molar-refractivity contribution < 1.29 is 14.3 Å². The fraction of sp³-hybridized carbons (Fsp3) is 0.417. The zero-order valence-corrected chi connectivity index (χ0v) is 18.9. The quantitative estimate of drug-likeness (QED) is 0.553. The second-order valence-corrected chi connectivity index (χ2v) is 8.13. The molecule has 1 atom stereocenters. The van der Waals surface area contributed by atoms with Crippen molar-refractivity contribution >= 4 is 23.4 Å². The first-order chi connectivity index (χ1) is 14.3. The van der Waals surface area contributed by atoms with Gasteiger partial charge >= 0.3 is 0 Å². The van der Waals surface area contributed by atoms with E-state index in [2.05, 4.69) is 5.32 Å². The van der Waals surface area contributed by atoms with Crippen LogP contribution in [-0.4, -0.2) is 35.4 Å². The van der Waals surface area contributed by atoms with Crippen molar-refractivity contribution in [2.75, 3.05) is 6.61 Å². The molecule has 2 aromatic rings. The molecule has 0 heterocycles. The molecule has 1 unspecified atom stereocenters. The van der Waals surface area contributed by atoms with E-state index in [0.717, 1.165) is 11.1 Å². The Hall–Kier alpha value is -2.53. The van der Waals surface area contributed by atoms with Gasteiger partial charge in [-0.2, -0.15) is 0 Å². The summed E-state index contributed by atoms with van der Waals surface area (Å²) in [5, 5.41) is 3.55. The highest BCUT2D eigenvalue weighted by atomic mass is 35.5. The van der Waals surface area contributed by atoms with Gasteiger partial charge in [-0.05, 0) is 69.5 Å². The van der Waals surface area contributed by atoms with Crippen LogP contribution in [0.2, 0.25) is 5.02 Å². The van der Waals surface area contributed by atoms with Crippen molar-refractivity contribution in [3.8, 4) is 5.75 Å². The van der Waals surface area contributed by atoms with Gasteiger partial charge in [-0.25, -0.2) is 0 Å². The second-order valence-electron chi connectivity index (χ2n) is 7.69. The Morgan fingerprint density at radius 2 is 1.73 bits per heavy atom. The molecule has 2 rings (SSSR count). The summed E-state index contributed by atoms with van der Waals surface area (Å²) in [7, 11) is 0. The van der Waals surface area contributed by atoms with Gasteiger partial charge in [0, 0.05) is 24.0 Å². The molecule has 30 heavy (non-hydrogen) atoms. The molecule has 5 nitrogen and oxygen atoms in total. The lowest BCUT2D eigenvalue weighted by Crippen LogP contribution is -2.49. The summed E-state index contributed by atoms with van der Waals surface area (Å²) in [6.45, 7) is 8.42. The first-order valence-corrected chi connectivity index (χ1v) is 10.7. The van der Waals surface area contributed by atoms with E-state index >= 15 is 0 Å². The molecule has 1 N–H and O–H groups in total. The molecule has 0 saturated heterocycles. The monoisotopic (exact) mass is 430 g/mol. The number of hydrogen-bond donors (Lipinski definition) is 1. The van der Waals surface area contributed by atoms with E-state index in [1.165, 1.54) is 0 Å². The Bertz CT molecular complexity index is 837. The summed E-state index contributed by atoms with van der Waals surface area (Å²) in [6.07, 6.45) is 0.864. The lowest BCUT2D eigenvalue weighted by atomic mass is 10.1. The maximum absolute atomic E-state index is 13.0. The number of rotatable bonds is 10. The number of amides is 2. The van der Waals surface area contributed by atoms with Crippen LogP contribution in [0.1, 0.15) is 44.7 Å². The average molecular weight is 431 g/mol. The third kappa shape index (κ3) is 7.38. The molecular formula is C24H31ClN2O3. The number of nitrogens with one attached hydrogen (secondary N) is 1. The van der Waals surface area contributed by atoms with Crippen LogP contribution in [0.25, 0.3) is 0 Å². The Kier molecular flexibility index (Phi) is 9.18. The molecule has 0 fully saturated rings. The van der Waals surface area contributed by atoms with Gasteiger partial charge in [0.1, 0.15) is 11.8 Å². The zero-order valence-electron chi connectivity index (χ0n) is 18.2. The summed E-state index contributed by atoms with van der Waals surface area (Å²) < 4.78 is 5.68. The Labute approximate surface area is 184 Å². The molecule has 162 valence electrons. The highest BCUT2D eigenvalue weighted by Crippen LogP contribution is 2.17. The molecule has 2 aromatic carbocycles. The van der Waals surface area contributed by atoms with Gasteiger partial charge in [-0.15, -0.1) is 0 Å². The van der Waals surface area contributed by atoms with Gasteiger partial charge in [0.25, 0.3) is 0 Å². The minimum absolute atomic E-state index is 0.0168. The fourth-order valence-corrected chi connectivity index (χ4v) is 3.17. The largest absolute Gasteiger partial charge is 0.494 e. The number of ether oxygens (including phenoxy) is 1. The van der Waals surface area contributed by atoms with Crippen molar-refractivity contribution in [1.82, 2.24) is 10.2 Å². The van der Waals surface area contributed by atoms with Crippen LogP contribution in [0.5, 0.6) is 5.75 Å². The van der Waals surface area contributed by atoms with Crippen LogP contribution in [0.15, 0.2) is 48.5 Å². The smallest absolute Gasteiger partial charge is 0.242 e. The molecule has 0 spiro atoms. The van der Waals surface area contributed by atoms with Crippen LogP contribution >= 0.6 is 11.6 Å². The first kappa shape index (κ1) is 23.7. The lowest BCUT2D eigenvalue weighted by molar-refractivity contribution is -0.141. The molecule has 0 aromatic heterocycles. The van der Waals surface area contributed by atoms with Crippen LogP contribution in [0.3, 0.4) is 0 Å². The predicted molar refractivity (Wildman–Crippen MR) is 121 cm³/mol. The summed E-state index contributed by atoms with van der Waals surface area (Å²) in [5.41, 5.74) is 2.13. The second kappa shape index (κ2) is 11.6. The molecule has 0 aliphatic heterocycles. The standard InChI is InChI=1S/C24H31ClN2O3/c1-17(2)26-24(29)19(4)27(16-20-9-6-5-8-18(20)3)23(28)10-7-15-30-22-13-11-21(25)12-14-22/h5-6,8-9,11-14,17,19H,7,10,15-16H2,1-4H3,(H,26,29). The van der Waals surface area contributed by atoms with Gasteiger partial charge in [-0.3, -0.25) is 9.59 Å². The summed E-state index contributed by atoms with van der Waals surface area (Å²) in [4.78, 5) is 27.3. The van der Waals surface area contributed by atoms with E-state index in [0.29, 0.717) is 36.8 Å². The predicted octanol–water partition coefficient (Wildman–Crippen LogP) is 4.75. The molecule has 0 aliphatic rings. The minimum Gasteiger partial charge on any atom is -0.494 e. The van der Waals surface area contributed by atoms with E-state index in [4.69, 9.17) is 16.3 Å². The van der Waals surface area contributed by atoms with Crippen LogP contribution in [-0.2, 0) is 16.1 Å². The van der Waals surface area contributed by atoms with Gasteiger partial charge in [0.05, 0.1) is 6.61 Å². The van der Waals surface area contributed by atoms with Crippen molar-refractivity contribution in [2.45, 2.75) is 59.2 Å². The van der Waals surface area contributed by atoms with Gasteiger partial charge in [-0.1, -0.05) is 35.9 Å². The van der Waals surface area contributed by atoms with Crippen LogP contribution in [0, 0.1) is 6.92 Å². The van der Waals surface area contributed by atoms with E-state index in [-0.39, 0.29) is 17.9 Å². The maximum Gasteiger partial charge on any atom is 0.242 e. The highest BCUT2D eigenvalue weighted by Gasteiger charge is 2.26. The molecule has 0 aliphatic carbocycles. The molecule has 0 bridgehead atoms. The number of carbonyl (C=O) groups excluding carboxylic acids is 2. The number of halogens is 1. The number of nitrogens with zero attached hydrogens (tertiary/aromatic N) is 1. The van der Waals surface area contributed by atoms with Gasteiger partial charge in [0.2, 0.25) is 11.8 Å². The van der Waals surface area contributed by atoms with Crippen molar-refractivity contribution in [1.29, 1.82) is 0 Å². The third-order valence-electron chi connectivity index (χ3n) is 4.82. The Balaban J connectivity index is 2.00. The molecule has 0 radical (unpaired) electrons. The molecule has 0 saturated carbocycles. The summed E-state index contributed by atoms with van der Waals surface area (Å²) in [6, 6.07) is 14.5. The Morgan fingerprint density at radius 3 is 2.37 bits per heavy atom. The van der Waals surface area contributed by atoms with Gasteiger partial charge < -0.3 is 15.0 Å². The molecule has 6 heteroatoms. The van der Waals surface area contributed by atoms with E-state index < -0.39 is 6.04 Å². The van der Waals surface area contributed by atoms with Crippen molar-refractivity contribution in [3.05, 3.63) is 64.7 Å². The van der Waals surface area contributed by atoms with E-state index in [9.17, 15) is 9.59 Å². The number of hydrogen-bond acceptors (Lipinski definition) is 3. The third-order valence-corrected chi connectivity index (χ3v) is 5.07. The topological polar surface area (TPSA) is 58.6 Å². The molecule has 2 amide bonds. The average Bonchev–Trinajstić information content (AvgIpc) is 2.70. The Morgan fingerprint density at radius 1 is 1.07 bits per heavy atom. The van der Waals surface area contributed by atoms with Crippen molar-refractivity contribution in [2.24, 2.45) is 0 Å². The first-order valence-electron chi connectivity index (χ1n) is 10.3. The van der Waals surface area contributed by atoms with E-state index in [1.54, 1.807) is 36.1 Å². The maximum atomic E-state index is 13.0.